The molecule has 0 aliphatic rings. The molecule has 2 N–H and O–H groups in total. The predicted octanol–water partition coefficient (Wildman–Crippen LogP) is 0.491. The molecule has 0 aromatic carbocycles. The van der Waals surface area contributed by atoms with Crippen LogP contribution in [0, 0.1) is 0 Å². The normalized spacial score (nSPS) is 12.5. The van der Waals surface area contributed by atoms with Gasteiger partial charge in [0.05, 0.1) is 0 Å². The van der Waals surface area contributed by atoms with Crippen molar-refractivity contribution in [3.63, 3.8) is 0 Å². The molecule has 1 atom stereocenters. The van der Waals surface area contributed by atoms with Gasteiger partial charge in [0.1, 0.15) is 6.26 Å². The summed E-state index contributed by atoms with van der Waals surface area (Å²) in [5.41, 5.74) is 5.26. The number of anilines is 1. The van der Waals surface area contributed by atoms with Crippen LogP contribution < -0.4 is 5.73 Å². The highest BCUT2D eigenvalue weighted by atomic mass is 16.5. The number of nitrogen functional groups attached to an aromatic ring is 1. The van der Waals surface area contributed by atoms with E-state index in [0.29, 0.717) is 12.4 Å². The zero-order valence-corrected chi connectivity index (χ0v) is 5.98. The zero-order chi connectivity index (χ0) is 8.27. The van der Waals surface area contributed by atoms with Crippen molar-refractivity contribution in [2.45, 2.75) is 13.0 Å². The predicted molar refractivity (Wildman–Crippen MR) is 36.5 cm³/mol. The summed E-state index contributed by atoms with van der Waals surface area (Å²) >= 11 is 0. The second-order valence-corrected chi connectivity index (χ2v) is 1.99. The van der Waals surface area contributed by atoms with Gasteiger partial charge in [0.25, 0.3) is 6.47 Å². The van der Waals surface area contributed by atoms with Crippen LogP contribution in [0.2, 0.25) is 0 Å². The maximum atomic E-state index is 9.87. The Bertz CT molecular complexity index is 246. The highest BCUT2D eigenvalue weighted by molar-refractivity contribution is 5.37. The van der Waals surface area contributed by atoms with Crippen molar-refractivity contribution in [2.75, 3.05) is 5.73 Å². The van der Waals surface area contributed by atoms with E-state index in [1.165, 1.54) is 6.26 Å². The zero-order valence-electron chi connectivity index (χ0n) is 5.98. The van der Waals surface area contributed by atoms with Crippen molar-refractivity contribution >= 4 is 12.3 Å². The second-order valence-electron chi connectivity index (χ2n) is 1.99. The van der Waals surface area contributed by atoms with Gasteiger partial charge >= 0.3 is 0 Å². The number of hydrogen-bond donors (Lipinski definition) is 1. The molecule has 0 bridgehead atoms. The van der Waals surface area contributed by atoms with E-state index >= 15 is 0 Å². The number of oxazole rings is 1. The third kappa shape index (κ3) is 1.70. The van der Waals surface area contributed by atoms with Crippen LogP contribution in [0.5, 0.6) is 0 Å². The first-order valence-electron chi connectivity index (χ1n) is 3.04. The molecule has 1 aromatic rings. The summed E-state index contributed by atoms with van der Waals surface area (Å²) in [5, 5.41) is 0. The van der Waals surface area contributed by atoms with E-state index in [0.717, 1.165) is 0 Å². The topological polar surface area (TPSA) is 78.3 Å². The van der Waals surface area contributed by atoms with Gasteiger partial charge in [0.2, 0.25) is 5.89 Å². The van der Waals surface area contributed by atoms with Crippen molar-refractivity contribution in [1.29, 1.82) is 0 Å². The Morgan fingerprint density at radius 1 is 1.91 bits per heavy atom. The van der Waals surface area contributed by atoms with E-state index in [1.807, 2.05) is 0 Å². The fraction of sp³-hybridized carbons (Fsp3) is 0.333. The van der Waals surface area contributed by atoms with Gasteiger partial charge in [-0.05, 0) is 6.92 Å². The van der Waals surface area contributed by atoms with Crippen LogP contribution in [0.3, 0.4) is 0 Å². The van der Waals surface area contributed by atoms with Gasteiger partial charge in [-0.3, -0.25) is 4.79 Å². The summed E-state index contributed by atoms with van der Waals surface area (Å²) in [5.74, 6) is 0.580. The Hall–Kier alpha value is -1.52. The number of hydrogen-bond acceptors (Lipinski definition) is 5. The molecule has 11 heavy (non-hydrogen) atoms. The quantitative estimate of drug-likeness (QED) is 0.644. The lowest BCUT2D eigenvalue weighted by Crippen LogP contribution is -1.98. The van der Waals surface area contributed by atoms with Crippen LogP contribution in [-0.4, -0.2) is 11.5 Å². The molecule has 5 heteroatoms. The molecule has 5 nitrogen and oxygen atoms in total. The molecule has 0 radical (unpaired) electrons. The number of carbonyl (C=O) groups is 1. The molecule has 1 aromatic heterocycles. The smallest absolute Gasteiger partial charge is 0.293 e. The van der Waals surface area contributed by atoms with E-state index in [2.05, 4.69) is 9.72 Å². The Labute approximate surface area is 63.2 Å². The Balaban J connectivity index is 2.67. The van der Waals surface area contributed by atoms with Gasteiger partial charge in [-0.2, -0.15) is 4.98 Å². The minimum Gasteiger partial charge on any atom is -0.455 e. The average molecular weight is 156 g/mol. The van der Waals surface area contributed by atoms with Crippen LogP contribution >= 0.6 is 0 Å². The first-order chi connectivity index (χ1) is 5.24. The largest absolute Gasteiger partial charge is 0.455 e. The van der Waals surface area contributed by atoms with Crippen molar-refractivity contribution in [3.05, 3.63) is 12.2 Å². The summed E-state index contributed by atoms with van der Waals surface area (Å²) in [6, 6.07) is 0. The van der Waals surface area contributed by atoms with Crippen LogP contribution in [0.15, 0.2) is 10.7 Å². The molecule has 0 saturated heterocycles. The maximum Gasteiger partial charge on any atom is 0.293 e. The van der Waals surface area contributed by atoms with Gasteiger partial charge in [-0.1, -0.05) is 0 Å². The first-order valence-corrected chi connectivity index (χ1v) is 3.04. The molecule has 1 heterocycles. The maximum absolute atomic E-state index is 9.87. The van der Waals surface area contributed by atoms with E-state index in [9.17, 15) is 4.79 Å². The van der Waals surface area contributed by atoms with E-state index < -0.39 is 6.10 Å². The molecule has 0 aliphatic heterocycles. The molecule has 1 rings (SSSR count). The molecular formula is C6H8N2O3. The Morgan fingerprint density at radius 2 is 2.64 bits per heavy atom. The Morgan fingerprint density at radius 3 is 3.09 bits per heavy atom. The monoisotopic (exact) mass is 156 g/mol. The molecular weight excluding hydrogens is 148 g/mol. The molecule has 60 valence electrons. The lowest BCUT2D eigenvalue weighted by atomic mass is 10.4. The lowest BCUT2D eigenvalue weighted by molar-refractivity contribution is -0.134. The Kier molecular flexibility index (Phi) is 2.10. The molecule has 0 fully saturated rings. The number of ether oxygens (including phenoxy) is 1. The fourth-order valence-corrected chi connectivity index (χ4v) is 0.629. The highest BCUT2D eigenvalue weighted by Gasteiger charge is 2.11. The third-order valence-corrected chi connectivity index (χ3v) is 1.15. The number of aromatic nitrogens is 1. The minimum absolute atomic E-state index is 0.279. The number of nitrogens with two attached hydrogens (primary N) is 1. The second kappa shape index (κ2) is 3.05. The van der Waals surface area contributed by atoms with Crippen molar-refractivity contribution < 1.29 is 13.9 Å². The molecule has 0 saturated carbocycles. The minimum atomic E-state index is -0.482. The summed E-state index contributed by atoms with van der Waals surface area (Å²) in [6.45, 7) is 1.98. The number of carbonyl (C=O) groups excluding carboxylic acids is 1. The molecule has 0 amide bonds. The van der Waals surface area contributed by atoms with Gasteiger partial charge in [0.15, 0.2) is 11.9 Å². The first kappa shape index (κ1) is 7.59. The van der Waals surface area contributed by atoms with Crippen molar-refractivity contribution in [1.82, 2.24) is 4.98 Å². The average Bonchev–Trinajstić information content (AvgIpc) is 2.36. The fourth-order valence-electron chi connectivity index (χ4n) is 0.629. The van der Waals surface area contributed by atoms with E-state index in [4.69, 9.17) is 10.2 Å². The van der Waals surface area contributed by atoms with E-state index in [1.54, 1.807) is 6.92 Å². The van der Waals surface area contributed by atoms with E-state index in [-0.39, 0.29) is 5.82 Å². The van der Waals surface area contributed by atoms with Crippen LogP contribution in [0.25, 0.3) is 0 Å². The number of rotatable bonds is 3. The van der Waals surface area contributed by atoms with Crippen molar-refractivity contribution in [2.24, 2.45) is 0 Å². The third-order valence-electron chi connectivity index (χ3n) is 1.15. The van der Waals surface area contributed by atoms with Gasteiger partial charge in [-0.15, -0.1) is 0 Å². The van der Waals surface area contributed by atoms with Crippen LogP contribution in [0.4, 0.5) is 5.82 Å². The molecule has 0 spiro atoms. The summed E-state index contributed by atoms with van der Waals surface area (Å²) in [7, 11) is 0. The summed E-state index contributed by atoms with van der Waals surface area (Å²) < 4.78 is 9.41. The van der Waals surface area contributed by atoms with Gasteiger partial charge < -0.3 is 14.9 Å². The van der Waals surface area contributed by atoms with Crippen LogP contribution in [-0.2, 0) is 9.53 Å². The highest BCUT2D eigenvalue weighted by Crippen LogP contribution is 2.15. The SMILES string of the molecule is CC(OC=O)c1nc(N)co1. The summed E-state index contributed by atoms with van der Waals surface area (Å²) in [6.07, 6.45) is 0.810. The molecule has 0 aliphatic carbocycles. The molecule has 1 unspecified atom stereocenters. The van der Waals surface area contributed by atoms with Gasteiger partial charge in [-0.25, -0.2) is 0 Å². The summed E-state index contributed by atoms with van der Waals surface area (Å²) in [4.78, 5) is 13.6. The number of nitrogens with zero attached hydrogens (tertiary/aromatic N) is 1. The lowest BCUT2D eigenvalue weighted by Gasteiger charge is -2.02. The van der Waals surface area contributed by atoms with Crippen LogP contribution in [0.1, 0.15) is 18.9 Å². The standard InChI is InChI=1S/C6H8N2O3/c1-4(11-3-9)6-8-5(7)2-10-6/h2-4H,7H2,1H3. The van der Waals surface area contributed by atoms with Crippen molar-refractivity contribution in [3.8, 4) is 0 Å². The van der Waals surface area contributed by atoms with Gasteiger partial charge in [0, 0.05) is 0 Å².